The van der Waals surface area contributed by atoms with Crippen LogP contribution in [0.5, 0.6) is 0 Å². The molecule has 0 aromatic heterocycles. The zero-order chi connectivity index (χ0) is 67.5. The highest BCUT2D eigenvalue weighted by atomic mass is 16.7. The van der Waals surface area contributed by atoms with E-state index in [4.69, 9.17) is 18.9 Å². The van der Waals surface area contributed by atoms with Gasteiger partial charge in [-0.1, -0.05) is 389 Å². The molecule has 0 aliphatic rings. The Bertz CT molecular complexity index is 1710. The Hall–Kier alpha value is -3.01. The van der Waals surface area contributed by atoms with Gasteiger partial charge >= 0.3 is 17.9 Å². The van der Waals surface area contributed by atoms with E-state index in [-0.39, 0.29) is 38.2 Å². The molecule has 0 radical (unpaired) electrons. The first kappa shape index (κ1) is 90.0. The number of quaternary nitrogens is 1. The summed E-state index contributed by atoms with van der Waals surface area (Å²) >= 11 is 0. The zero-order valence-corrected chi connectivity index (χ0v) is 62.4. The molecule has 1 N–H and O–H groups in total. The molecule has 2 unspecified atom stereocenters. The van der Waals surface area contributed by atoms with E-state index in [9.17, 15) is 19.5 Å². The Morgan fingerprint density at radius 3 is 0.914 bits per heavy atom. The SMILES string of the molecule is CC/C=C\C/C=C\C/C=C\C/C=C\C/C=C\CCCCCCCCCCCCCCCCCC(=O)OC(COC(=O)CCCCCCCCCCCCCCCCCCCCCCCCCCCCCCCCCCCCCCC)COC(OCC[N+](C)(C)C)C(=O)O. The summed E-state index contributed by atoms with van der Waals surface area (Å²) in [6.45, 7) is 4.83. The van der Waals surface area contributed by atoms with Gasteiger partial charge in [-0.2, -0.15) is 0 Å². The van der Waals surface area contributed by atoms with Gasteiger partial charge in [0.2, 0.25) is 0 Å². The topological polar surface area (TPSA) is 108 Å². The number of aliphatic carboxylic acids is 1. The van der Waals surface area contributed by atoms with Gasteiger partial charge in [-0.3, -0.25) is 9.59 Å². The summed E-state index contributed by atoms with van der Waals surface area (Å²) in [5.41, 5.74) is 0. The van der Waals surface area contributed by atoms with E-state index in [1.807, 2.05) is 21.1 Å². The number of esters is 2. The third-order valence-electron chi connectivity index (χ3n) is 18.3. The van der Waals surface area contributed by atoms with Crippen LogP contribution in [0, 0.1) is 0 Å². The van der Waals surface area contributed by atoms with Crippen LogP contribution in [0.15, 0.2) is 60.8 Å². The van der Waals surface area contributed by atoms with Crippen molar-refractivity contribution in [3.05, 3.63) is 60.8 Å². The van der Waals surface area contributed by atoms with Gasteiger partial charge in [-0.15, -0.1) is 0 Å². The normalized spacial score (nSPS) is 12.9. The van der Waals surface area contributed by atoms with E-state index in [2.05, 4.69) is 74.6 Å². The molecule has 0 saturated carbocycles. The van der Waals surface area contributed by atoms with Crippen LogP contribution in [-0.2, 0) is 33.3 Å². The van der Waals surface area contributed by atoms with Gasteiger partial charge in [0, 0.05) is 12.8 Å². The predicted molar refractivity (Wildman–Crippen MR) is 401 cm³/mol. The molecule has 0 saturated heterocycles. The molecular weight excluding hydrogens is 1150 g/mol. The smallest absolute Gasteiger partial charge is 0.361 e. The molecule has 0 bridgehead atoms. The lowest BCUT2D eigenvalue weighted by atomic mass is 10.0. The summed E-state index contributed by atoms with van der Waals surface area (Å²) < 4.78 is 23.1. The number of carbonyl (C=O) groups excluding carboxylic acids is 2. The van der Waals surface area contributed by atoms with Crippen LogP contribution in [0.1, 0.15) is 399 Å². The van der Waals surface area contributed by atoms with Gasteiger partial charge in [0.05, 0.1) is 34.4 Å². The van der Waals surface area contributed by atoms with Crippen molar-refractivity contribution >= 4 is 17.9 Å². The first-order valence-electron chi connectivity index (χ1n) is 40.5. The highest BCUT2D eigenvalue weighted by molar-refractivity contribution is 5.71. The summed E-state index contributed by atoms with van der Waals surface area (Å²) in [6.07, 6.45) is 96.7. The van der Waals surface area contributed by atoms with Gasteiger partial charge in [0.25, 0.3) is 6.29 Å². The number of allylic oxidation sites excluding steroid dienone is 10. The lowest BCUT2D eigenvalue weighted by Crippen LogP contribution is -2.40. The number of rotatable bonds is 76. The van der Waals surface area contributed by atoms with Crippen molar-refractivity contribution < 1.29 is 42.9 Å². The standard InChI is InChI=1S/C84H155NO8/c1-6-8-10-12-14-16-18-20-22-24-26-28-30-32-34-36-38-39-40-41-42-43-45-46-48-50-52-54-56-58-60-62-64-66-68-70-72-74-81(86)91-78-80(79-92-84(83(88)89)90-77-76-85(3,4)5)93-82(87)75-73-71-69-67-65-63-61-59-57-55-53-51-49-47-44-37-35-33-31-29-27-25-23-21-19-17-15-13-11-9-7-2/h9,11,15,17,21,23,27,29,33,35,80,84H,6-8,10,12-14,16,18-20,22,24-26,28,30-32,34,36-79H2,1-5H3/p+1/b11-9-,17-15-,23-21-,29-27-,35-33-. The minimum Gasteiger partial charge on any atom is -0.477 e. The fraction of sp³-hybridized carbons (Fsp3) is 0.845. The van der Waals surface area contributed by atoms with Crippen molar-refractivity contribution in [2.45, 2.75) is 411 Å². The average Bonchev–Trinajstić information content (AvgIpc) is 3.38. The summed E-state index contributed by atoms with van der Waals surface area (Å²) in [6, 6.07) is 0. The number of carboxylic acid groups (broad SMARTS) is 1. The molecular formula is C84H156NO8+. The fourth-order valence-electron chi connectivity index (χ4n) is 12.2. The van der Waals surface area contributed by atoms with Crippen LogP contribution in [0.3, 0.4) is 0 Å². The number of hydrogen-bond donors (Lipinski definition) is 1. The summed E-state index contributed by atoms with van der Waals surface area (Å²) in [5.74, 6) is -1.98. The Morgan fingerprint density at radius 2 is 0.613 bits per heavy atom. The van der Waals surface area contributed by atoms with Crippen LogP contribution in [-0.4, -0.2) is 87.4 Å². The molecule has 544 valence electrons. The zero-order valence-electron chi connectivity index (χ0n) is 62.4. The lowest BCUT2D eigenvalue weighted by Gasteiger charge is -2.25. The number of carboxylic acids is 1. The number of likely N-dealkylation sites (N-methyl/N-ethyl adjacent to an activating group) is 1. The maximum absolute atomic E-state index is 13.0. The van der Waals surface area contributed by atoms with Gasteiger partial charge in [-0.05, 0) is 57.8 Å². The van der Waals surface area contributed by atoms with Crippen molar-refractivity contribution in [2.75, 3.05) is 47.5 Å². The first-order valence-corrected chi connectivity index (χ1v) is 40.5. The van der Waals surface area contributed by atoms with Crippen molar-refractivity contribution in [1.29, 1.82) is 0 Å². The average molecular weight is 1310 g/mol. The predicted octanol–water partition coefficient (Wildman–Crippen LogP) is 25.8. The minimum absolute atomic E-state index is 0.178. The van der Waals surface area contributed by atoms with Gasteiger partial charge in [-0.25, -0.2) is 4.79 Å². The summed E-state index contributed by atoms with van der Waals surface area (Å²) in [5, 5.41) is 9.77. The Labute approximate surface area is 577 Å². The number of ether oxygens (including phenoxy) is 4. The van der Waals surface area contributed by atoms with Gasteiger partial charge in [0.15, 0.2) is 6.10 Å². The van der Waals surface area contributed by atoms with E-state index in [1.54, 1.807) is 0 Å². The van der Waals surface area contributed by atoms with E-state index in [1.165, 1.54) is 302 Å². The van der Waals surface area contributed by atoms with E-state index in [0.717, 1.165) is 70.6 Å². The van der Waals surface area contributed by atoms with Crippen LogP contribution in [0.4, 0.5) is 0 Å². The molecule has 0 fully saturated rings. The molecule has 0 amide bonds. The van der Waals surface area contributed by atoms with Crippen LogP contribution in [0.25, 0.3) is 0 Å². The molecule has 0 aromatic rings. The first-order chi connectivity index (χ1) is 45.6. The monoisotopic (exact) mass is 1310 g/mol. The minimum atomic E-state index is -1.51. The fourth-order valence-corrected chi connectivity index (χ4v) is 12.2. The highest BCUT2D eigenvalue weighted by Gasteiger charge is 2.25. The Morgan fingerprint density at radius 1 is 0.333 bits per heavy atom. The summed E-state index contributed by atoms with van der Waals surface area (Å²) in [7, 11) is 5.99. The van der Waals surface area contributed by atoms with Gasteiger partial charge < -0.3 is 28.5 Å². The molecule has 0 aromatic carbocycles. The molecule has 9 nitrogen and oxygen atoms in total. The van der Waals surface area contributed by atoms with E-state index < -0.39 is 18.4 Å². The second kappa shape index (κ2) is 74.8. The molecule has 93 heavy (non-hydrogen) atoms. The van der Waals surface area contributed by atoms with Gasteiger partial charge in [0.1, 0.15) is 13.2 Å². The Kier molecular flexibility index (Phi) is 72.4. The Balaban J connectivity index is 3.97. The van der Waals surface area contributed by atoms with Crippen molar-refractivity contribution in [2.24, 2.45) is 0 Å². The second-order valence-corrected chi connectivity index (χ2v) is 28.7. The van der Waals surface area contributed by atoms with Crippen LogP contribution in [0.2, 0.25) is 0 Å². The maximum Gasteiger partial charge on any atom is 0.361 e. The number of unbranched alkanes of at least 4 members (excludes halogenated alkanes) is 51. The third kappa shape index (κ3) is 76.2. The number of carbonyl (C=O) groups is 3. The van der Waals surface area contributed by atoms with Crippen LogP contribution >= 0.6 is 0 Å². The molecule has 0 aliphatic carbocycles. The molecule has 0 aliphatic heterocycles. The van der Waals surface area contributed by atoms with Crippen LogP contribution < -0.4 is 0 Å². The number of hydrogen-bond acceptors (Lipinski definition) is 7. The third-order valence-corrected chi connectivity index (χ3v) is 18.3. The largest absolute Gasteiger partial charge is 0.477 e. The van der Waals surface area contributed by atoms with Crippen molar-refractivity contribution in [1.82, 2.24) is 0 Å². The molecule has 9 heteroatoms. The molecule has 0 rings (SSSR count). The highest BCUT2D eigenvalue weighted by Crippen LogP contribution is 2.20. The molecule has 0 heterocycles. The summed E-state index contributed by atoms with van der Waals surface area (Å²) in [4.78, 5) is 37.7. The van der Waals surface area contributed by atoms with Crippen molar-refractivity contribution in [3.63, 3.8) is 0 Å². The molecule has 0 spiro atoms. The van der Waals surface area contributed by atoms with E-state index >= 15 is 0 Å². The maximum atomic E-state index is 13.0. The second-order valence-electron chi connectivity index (χ2n) is 28.7. The number of nitrogens with zero attached hydrogens (tertiary/aromatic N) is 1. The van der Waals surface area contributed by atoms with Crippen molar-refractivity contribution in [3.8, 4) is 0 Å². The molecule has 2 atom stereocenters. The lowest BCUT2D eigenvalue weighted by molar-refractivity contribution is -0.870. The quantitative estimate of drug-likeness (QED) is 0.0211. The van der Waals surface area contributed by atoms with E-state index in [0.29, 0.717) is 17.4 Å².